The van der Waals surface area contributed by atoms with Gasteiger partial charge in [0.2, 0.25) is 0 Å². The quantitative estimate of drug-likeness (QED) is 0.782. The molecule has 4 nitrogen and oxygen atoms in total. The van der Waals surface area contributed by atoms with E-state index in [0.717, 1.165) is 18.4 Å². The summed E-state index contributed by atoms with van der Waals surface area (Å²) in [6, 6.07) is 5.83. The molecule has 21 heavy (non-hydrogen) atoms. The van der Waals surface area contributed by atoms with Crippen LogP contribution in [0.25, 0.3) is 11.0 Å². The van der Waals surface area contributed by atoms with Gasteiger partial charge in [0.1, 0.15) is 5.52 Å². The number of hydrogen-bond donors (Lipinski definition) is 0. The standard InChI is InChI=1S/C16H18BrN3O/c1-20(14-8-3-2-6-12(14)17)16(21)11-5-4-7-13-15(11)19-10-9-18-13/h4-5,7,9-10,12,14H,2-3,6,8H2,1H3. The summed E-state index contributed by atoms with van der Waals surface area (Å²) in [7, 11) is 1.89. The Labute approximate surface area is 132 Å². The third-order valence-corrected chi connectivity index (χ3v) is 5.26. The maximum Gasteiger partial charge on any atom is 0.256 e. The number of hydrogen-bond acceptors (Lipinski definition) is 3. The van der Waals surface area contributed by atoms with Crippen LogP contribution in [0.15, 0.2) is 30.6 Å². The lowest BCUT2D eigenvalue weighted by Gasteiger charge is -2.35. The normalized spacial score (nSPS) is 22.2. The fraction of sp³-hybridized carbons (Fsp3) is 0.438. The van der Waals surface area contributed by atoms with Gasteiger partial charge in [-0.3, -0.25) is 14.8 Å². The number of amides is 1. The minimum atomic E-state index is 0.0254. The topological polar surface area (TPSA) is 46.1 Å². The molecular formula is C16H18BrN3O. The Kier molecular flexibility index (Phi) is 4.19. The molecule has 1 saturated carbocycles. The highest BCUT2D eigenvalue weighted by atomic mass is 79.9. The zero-order chi connectivity index (χ0) is 14.8. The Balaban J connectivity index is 1.93. The Morgan fingerprint density at radius 3 is 2.81 bits per heavy atom. The molecule has 1 heterocycles. The number of para-hydroxylation sites is 1. The highest BCUT2D eigenvalue weighted by molar-refractivity contribution is 9.09. The number of carbonyl (C=O) groups excluding carboxylic acids is 1. The lowest BCUT2D eigenvalue weighted by Crippen LogP contribution is -2.44. The molecule has 2 aromatic rings. The summed E-state index contributed by atoms with van der Waals surface area (Å²) in [6.07, 6.45) is 7.86. The van der Waals surface area contributed by atoms with Crippen LogP contribution in [0.4, 0.5) is 0 Å². The average Bonchev–Trinajstić information content (AvgIpc) is 2.53. The van der Waals surface area contributed by atoms with Gasteiger partial charge in [0.25, 0.3) is 5.91 Å². The minimum absolute atomic E-state index is 0.0254. The molecule has 110 valence electrons. The minimum Gasteiger partial charge on any atom is -0.338 e. The van der Waals surface area contributed by atoms with E-state index < -0.39 is 0 Å². The average molecular weight is 348 g/mol. The van der Waals surface area contributed by atoms with Gasteiger partial charge in [-0.05, 0) is 25.0 Å². The van der Waals surface area contributed by atoms with Crippen LogP contribution in [0.1, 0.15) is 36.0 Å². The van der Waals surface area contributed by atoms with Gasteiger partial charge < -0.3 is 4.90 Å². The smallest absolute Gasteiger partial charge is 0.256 e. The Morgan fingerprint density at radius 2 is 2.00 bits per heavy atom. The maximum absolute atomic E-state index is 12.8. The molecule has 1 fully saturated rings. The van der Waals surface area contributed by atoms with Crippen molar-refractivity contribution < 1.29 is 4.79 Å². The van der Waals surface area contributed by atoms with Gasteiger partial charge in [0, 0.05) is 30.3 Å². The molecule has 2 atom stereocenters. The largest absolute Gasteiger partial charge is 0.338 e. The van der Waals surface area contributed by atoms with E-state index >= 15 is 0 Å². The van der Waals surface area contributed by atoms with Gasteiger partial charge in [-0.15, -0.1) is 0 Å². The summed E-state index contributed by atoms with van der Waals surface area (Å²) in [4.78, 5) is 23.7. The van der Waals surface area contributed by atoms with Crippen molar-refractivity contribution >= 4 is 32.9 Å². The third-order valence-electron chi connectivity index (χ3n) is 4.19. The summed E-state index contributed by atoms with van der Waals surface area (Å²) in [5, 5.41) is 0. The van der Waals surface area contributed by atoms with E-state index in [4.69, 9.17) is 0 Å². The van der Waals surface area contributed by atoms with Crippen molar-refractivity contribution in [3.63, 3.8) is 0 Å². The number of carbonyl (C=O) groups is 1. The summed E-state index contributed by atoms with van der Waals surface area (Å²) in [6.45, 7) is 0. The van der Waals surface area contributed by atoms with Gasteiger partial charge in [0.05, 0.1) is 11.1 Å². The van der Waals surface area contributed by atoms with Crippen molar-refractivity contribution in [3.05, 3.63) is 36.2 Å². The van der Waals surface area contributed by atoms with E-state index in [1.165, 1.54) is 12.8 Å². The number of aromatic nitrogens is 2. The van der Waals surface area contributed by atoms with Crippen molar-refractivity contribution in [1.82, 2.24) is 14.9 Å². The molecule has 1 amide bonds. The lowest BCUT2D eigenvalue weighted by atomic mass is 9.94. The molecule has 3 rings (SSSR count). The predicted molar refractivity (Wildman–Crippen MR) is 86.6 cm³/mol. The monoisotopic (exact) mass is 347 g/mol. The van der Waals surface area contributed by atoms with E-state index in [0.29, 0.717) is 15.9 Å². The molecule has 0 aliphatic heterocycles. The van der Waals surface area contributed by atoms with E-state index in [9.17, 15) is 4.79 Å². The first-order chi connectivity index (χ1) is 10.2. The summed E-state index contributed by atoms with van der Waals surface area (Å²) in [5.74, 6) is 0.0254. The maximum atomic E-state index is 12.8. The van der Waals surface area contributed by atoms with Gasteiger partial charge in [-0.1, -0.05) is 34.8 Å². The summed E-state index contributed by atoms with van der Waals surface area (Å²) < 4.78 is 0. The van der Waals surface area contributed by atoms with Crippen LogP contribution in [0, 0.1) is 0 Å². The van der Waals surface area contributed by atoms with Crippen LogP contribution < -0.4 is 0 Å². The fourth-order valence-electron chi connectivity index (χ4n) is 3.01. The number of fused-ring (bicyclic) bond motifs is 1. The van der Waals surface area contributed by atoms with Gasteiger partial charge in [0.15, 0.2) is 0 Å². The zero-order valence-corrected chi connectivity index (χ0v) is 13.6. The molecule has 0 radical (unpaired) electrons. The van der Waals surface area contributed by atoms with Crippen LogP contribution >= 0.6 is 15.9 Å². The van der Waals surface area contributed by atoms with Crippen molar-refractivity contribution in [2.75, 3.05) is 7.05 Å². The van der Waals surface area contributed by atoms with Crippen molar-refractivity contribution in [1.29, 1.82) is 0 Å². The Hall–Kier alpha value is -1.49. The zero-order valence-electron chi connectivity index (χ0n) is 12.0. The molecule has 0 N–H and O–H groups in total. The first-order valence-corrected chi connectivity index (χ1v) is 8.21. The van der Waals surface area contributed by atoms with Crippen LogP contribution in [-0.2, 0) is 0 Å². The SMILES string of the molecule is CN(C(=O)c1cccc2nccnc12)C1CCCCC1Br. The van der Waals surface area contributed by atoms with Gasteiger partial charge >= 0.3 is 0 Å². The molecule has 1 aromatic heterocycles. The van der Waals surface area contributed by atoms with Crippen LogP contribution in [0.5, 0.6) is 0 Å². The van der Waals surface area contributed by atoms with Crippen molar-refractivity contribution in [2.45, 2.75) is 36.6 Å². The lowest BCUT2D eigenvalue weighted by molar-refractivity contribution is 0.0706. The Morgan fingerprint density at radius 1 is 1.24 bits per heavy atom. The van der Waals surface area contributed by atoms with E-state index in [1.54, 1.807) is 12.4 Å². The van der Waals surface area contributed by atoms with Crippen LogP contribution in [-0.4, -0.2) is 38.7 Å². The first kappa shape index (κ1) is 14.4. The second-order valence-corrected chi connectivity index (χ2v) is 6.69. The molecule has 0 saturated heterocycles. The number of benzene rings is 1. The second kappa shape index (κ2) is 6.10. The second-order valence-electron chi connectivity index (χ2n) is 5.51. The van der Waals surface area contributed by atoms with E-state index in [2.05, 4.69) is 25.9 Å². The third kappa shape index (κ3) is 2.79. The number of halogens is 1. The predicted octanol–water partition coefficient (Wildman–Crippen LogP) is 3.41. The van der Waals surface area contributed by atoms with E-state index in [1.807, 2.05) is 30.1 Å². The first-order valence-electron chi connectivity index (χ1n) is 7.29. The number of nitrogens with zero attached hydrogens (tertiary/aromatic N) is 3. The van der Waals surface area contributed by atoms with Gasteiger partial charge in [-0.2, -0.15) is 0 Å². The molecular weight excluding hydrogens is 330 g/mol. The molecule has 1 aliphatic rings. The number of alkyl halides is 1. The molecule has 2 unspecified atom stereocenters. The number of rotatable bonds is 2. The van der Waals surface area contributed by atoms with Crippen LogP contribution in [0.2, 0.25) is 0 Å². The van der Waals surface area contributed by atoms with Crippen molar-refractivity contribution in [3.8, 4) is 0 Å². The molecule has 1 aliphatic carbocycles. The summed E-state index contributed by atoms with van der Waals surface area (Å²) in [5.41, 5.74) is 2.07. The summed E-state index contributed by atoms with van der Waals surface area (Å²) >= 11 is 3.72. The molecule has 0 bridgehead atoms. The molecule has 0 spiro atoms. The highest BCUT2D eigenvalue weighted by Crippen LogP contribution is 2.29. The van der Waals surface area contributed by atoms with Gasteiger partial charge in [-0.25, -0.2) is 0 Å². The Bertz CT molecular complexity index is 656. The molecule has 1 aromatic carbocycles. The fourth-order valence-corrected chi connectivity index (χ4v) is 3.95. The van der Waals surface area contributed by atoms with Crippen LogP contribution in [0.3, 0.4) is 0 Å². The highest BCUT2D eigenvalue weighted by Gasteiger charge is 2.30. The van der Waals surface area contributed by atoms with E-state index in [-0.39, 0.29) is 11.9 Å². The van der Waals surface area contributed by atoms with Crippen molar-refractivity contribution in [2.24, 2.45) is 0 Å². The molecule has 5 heteroatoms.